The first-order valence-electron chi connectivity index (χ1n) is 4.46. The van der Waals surface area contributed by atoms with Crippen LogP contribution in [0.15, 0.2) is 24.3 Å². The van der Waals surface area contributed by atoms with Crippen molar-refractivity contribution in [2.75, 3.05) is 7.11 Å². The number of hydrogen-bond donors (Lipinski definition) is 0. The fourth-order valence-corrected chi connectivity index (χ4v) is 1.84. The van der Waals surface area contributed by atoms with Crippen LogP contribution in [0.25, 0.3) is 10.9 Å². The van der Waals surface area contributed by atoms with Crippen molar-refractivity contribution in [1.29, 1.82) is 0 Å². The minimum absolute atomic E-state index is 0.113. The lowest BCUT2D eigenvalue weighted by atomic mass is 10.1. The zero-order chi connectivity index (χ0) is 11.7. The molecule has 0 bridgehead atoms. The number of aromatic nitrogens is 1. The summed E-state index contributed by atoms with van der Waals surface area (Å²) in [6.45, 7) is 0. The van der Waals surface area contributed by atoms with Crippen molar-refractivity contribution < 1.29 is 9.53 Å². The number of fused-ring (bicyclic) bond motifs is 1. The van der Waals surface area contributed by atoms with Gasteiger partial charge in [-0.05, 0) is 18.2 Å². The zero-order valence-electron chi connectivity index (χ0n) is 8.33. The van der Waals surface area contributed by atoms with Crippen molar-refractivity contribution in [2.45, 2.75) is 0 Å². The van der Waals surface area contributed by atoms with Crippen LogP contribution in [0.1, 0.15) is 10.4 Å². The molecule has 0 amide bonds. The number of carbonyl (C=O) groups is 1. The SMILES string of the molecule is COC(=O)c1cc2c(Cl)cccc2nc1Cl. The predicted octanol–water partition coefficient (Wildman–Crippen LogP) is 3.33. The standard InChI is InChI=1S/C11H7Cl2NO2/c1-16-11(15)7-5-6-8(12)3-2-4-9(6)14-10(7)13/h2-5H,1H3. The molecule has 0 atom stereocenters. The van der Waals surface area contributed by atoms with Gasteiger partial charge in [0, 0.05) is 10.4 Å². The number of nitrogens with zero attached hydrogens (tertiary/aromatic N) is 1. The largest absolute Gasteiger partial charge is 0.465 e. The summed E-state index contributed by atoms with van der Waals surface area (Å²) in [5, 5.41) is 1.31. The Bertz CT molecular complexity index is 569. The number of hydrogen-bond acceptors (Lipinski definition) is 3. The van der Waals surface area contributed by atoms with Crippen molar-refractivity contribution in [2.24, 2.45) is 0 Å². The first kappa shape index (κ1) is 11.2. The lowest BCUT2D eigenvalue weighted by Crippen LogP contribution is -2.03. The molecule has 0 aliphatic heterocycles. The molecule has 0 saturated carbocycles. The van der Waals surface area contributed by atoms with Crippen molar-refractivity contribution in [1.82, 2.24) is 4.98 Å². The van der Waals surface area contributed by atoms with Crippen molar-refractivity contribution in [3.63, 3.8) is 0 Å². The first-order chi connectivity index (χ1) is 7.63. The molecular weight excluding hydrogens is 249 g/mol. The van der Waals surface area contributed by atoms with Gasteiger partial charge >= 0.3 is 5.97 Å². The summed E-state index contributed by atoms with van der Waals surface area (Å²) < 4.78 is 4.60. The van der Waals surface area contributed by atoms with Gasteiger partial charge in [-0.25, -0.2) is 9.78 Å². The summed E-state index contributed by atoms with van der Waals surface area (Å²) in [7, 11) is 1.29. The second-order valence-corrected chi connectivity index (χ2v) is 3.89. The van der Waals surface area contributed by atoms with Gasteiger partial charge in [0.1, 0.15) is 5.15 Å². The van der Waals surface area contributed by atoms with Crippen molar-refractivity contribution in [3.05, 3.63) is 40.0 Å². The van der Waals surface area contributed by atoms with E-state index in [0.29, 0.717) is 15.9 Å². The predicted molar refractivity (Wildman–Crippen MR) is 63.1 cm³/mol. The van der Waals surface area contributed by atoms with Gasteiger partial charge < -0.3 is 4.74 Å². The summed E-state index contributed by atoms with van der Waals surface area (Å²) in [6, 6.07) is 6.85. The van der Waals surface area contributed by atoms with Crippen LogP contribution in [0.5, 0.6) is 0 Å². The number of pyridine rings is 1. The maximum Gasteiger partial charge on any atom is 0.341 e. The second-order valence-electron chi connectivity index (χ2n) is 3.12. The average Bonchev–Trinajstić information content (AvgIpc) is 2.28. The normalized spacial score (nSPS) is 10.4. The summed E-state index contributed by atoms with van der Waals surface area (Å²) in [5.74, 6) is -0.528. The van der Waals surface area contributed by atoms with Gasteiger partial charge in [-0.1, -0.05) is 29.3 Å². The van der Waals surface area contributed by atoms with E-state index in [0.717, 1.165) is 0 Å². The molecule has 3 nitrogen and oxygen atoms in total. The third kappa shape index (κ3) is 1.84. The Morgan fingerprint density at radius 2 is 2.12 bits per heavy atom. The number of halogens is 2. The average molecular weight is 256 g/mol. The Morgan fingerprint density at radius 1 is 1.38 bits per heavy atom. The van der Waals surface area contributed by atoms with E-state index in [1.807, 2.05) is 0 Å². The van der Waals surface area contributed by atoms with Crippen LogP contribution < -0.4 is 0 Å². The van der Waals surface area contributed by atoms with E-state index in [2.05, 4.69) is 9.72 Å². The molecule has 2 aromatic rings. The number of ether oxygens (including phenoxy) is 1. The summed E-state index contributed by atoms with van der Waals surface area (Å²) >= 11 is 11.9. The van der Waals surface area contributed by atoms with Gasteiger partial charge in [0.2, 0.25) is 0 Å². The molecule has 82 valence electrons. The van der Waals surface area contributed by atoms with E-state index < -0.39 is 5.97 Å². The van der Waals surface area contributed by atoms with Crippen LogP contribution >= 0.6 is 23.2 Å². The zero-order valence-corrected chi connectivity index (χ0v) is 9.84. The lowest BCUT2D eigenvalue weighted by Gasteiger charge is -2.05. The third-order valence-electron chi connectivity index (χ3n) is 2.16. The molecule has 0 aliphatic carbocycles. The molecule has 1 heterocycles. The monoisotopic (exact) mass is 255 g/mol. The van der Waals surface area contributed by atoms with E-state index in [-0.39, 0.29) is 10.7 Å². The topological polar surface area (TPSA) is 39.2 Å². The highest BCUT2D eigenvalue weighted by molar-refractivity contribution is 6.36. The van der Waals surface area contributed by atoms with Gasteiger partial charge in [-0.2, -0.15) is 0 Å². The van der Waals surface area contributed by atoms with Crippen LogP contribution in [0.2, 0.25) is 10.2 Å². The van der Waals surface area contributed by atoms with Crippen LogP contribution in [-0.2, 0) is 4.74 Å². The quantitative estimate of drug-likeness (QED) is 0.580. The molecule has 0 N–H and O–H groups in total. The van der Waals surface area contributed by atoms with E-state index in [9.17, 15) is 4.79 Å². The Kier molecular flexibility index (Phi) is 2.99. The van der Waals surface area contributed by atoms with Gasteiger partial charge in [0.15, 0.2) is 0 Å². The number of rotatable bonds is 1. The molecule has 0 aliphatic rings. The first-order valence-corrected chi connectivity index (χ1v) is 5.22. The molecule has 1 aromatic carbocycles. The number of esters is 1. The van der Waals surface area contributed by atoms with Crippen molar-refractivity contribution >= 4 is 40.1 Å². The minimum atomic E-state index is -0.528. The fourth-order valence-electron chi connectivity index (χ4n) is 1.39. The Hall–Kier alpha value is -1.32. The van der Waals surface area contributed by atoms with Gasteiger partial charge in [-0.15, -0.1) is 0 Å². The van der Waals surface area contributed by atoms with Crippen molar-refractivity contribution in [3.8, 4) is 0 Å². The molecule has 0 radical (unpaired) electrons. The Labute approximate surface area is 102 Å². The smallest absolute Gasteiger partial charge is 0.341 e. The van der Waals surface area contributed by atoms with E-state index >= 15 is 0 Å². The van der Waals surface area contributed by atoms with E-state index in [4.69, 9.17) is 23.2 Å². The molecule has 2 rings (SSSR count). The molecule has 0 fully saturated rings. The minimum Gasteiger partial charge on any atom is -0.465 e. The molecule has 1 aromatic heterocycles. The van der Waals surface area contributed by atoms with E-state index in [1.54, 1.807) is 24.3 Å². The molecule has 16 heavy (non-hydrogen) atoms. The van der Waals surface area contributed by atoms with Crippen LogP contribution in [-0.4, -0.2) is 18.1 Å². The highest BCUT2D eigenvalue weighted by Crippen LogP contribution is 2.26. The number of carbonyl (C=O) groups excluding carboxylic acids is 1. The maximum absolute atomic E-state index is 11.4. The van der Waals surface area contributed by atoms with Gasteiger partial charge in [0.05, 0.1) is 18.2 Å². The number of benzene rings is 1. The third-order valence-corrected chi connectivity index (χ3v) is 2.78. The highest BCUT2D eigenvalue weighted by atomic mass is 35.5. The summed E-state index contributed by atoms with van der Waals surface area (Å²) in [5.41, 5.74) is 0.856. The number of methoxy groups -OCH3 is 1. The Morgan fingerprint density at radius 3 is 2.81 bits per heavy atom. The van der Waals surface area contributed by atoms with Gasteiger partial charge in [0.25, 0.3) is 0 Å². The fraction of sp³-hybridized carbons (Fsp3) is 0.0909. The highest BCUT2D eigenvalue weighted by Gasteiger charge is 2.14. The maximum atomic E-state index is 11.4. The van der Waals surface area contributed by atoms with Gasteiger partial charge in [-0.3, -0.25) is 0 Å². The summed E-state index contributed by atoms with van der Waals surface area (Å²) in [6.07, 6.45) is 0. The lowest BCUT2D eigenvalue weighted by molar-refractivity contribution is 0.0600. The Balaban J connectivity index is 2.74. The summed E-state index contributed by atoms with van der Waals surface area (Å²) in [4.78, 5) is 15.5. The van der Waals surface area contributed by atoms with E-state index in [1.165, 1.54) is 7.11 Å². The molecule has 0 unspecified atom stereocenters. The molecule has 0 spiro atoms. The van der Waals surface area contributed by atoms with Crippen LogP contribution in [0.4, 0.5) is 0 Å². The van der Waals surface area contributed by atoms with Crippen LogP contribution in [0, 0.1) is 0 Å². The second kappa shape index (κ2) is 4.28. The molecule has 5 heteroatoms. The van der Waals surface area contributed by atoms with Crippen LogP contribution in [0.3, 0.4) is 0 Å². The molecular formula is C11H7Cl2NO2. The molecule has 0 saturated heterocycles.